The van der Waals surface area contributed by atoms with Gasteiger partial charge in [-0.25, -0.2) is 8.42 Å². The van der Waals surface area contributed by atoms with E-state index in [0.717, 1.165) is 54.6 Å². The first-order valence-corrected chi connectivity index (χ1v) is 10.9. The first-order valence-electron chi connectivity index (χ1n) is 9.40. The molecule has 0 radical (unpaired) electrons. The van der Waals surface area contributed by atoms with Crippen LogP contribution in [0.1, 0.15) is 36.0 Å². The summed E-state index contributed by atoms with van der Waals surface area (Å²) in [5.74, 6) is 0.387. The van der Waals surface area contributed by atoms with Crippen molar-refractivity contribution in [2.45, 2.75) is 44.4 Å². The molecule has 6 heteroatoms. The largest absolute Gasteiger partial charge is 0.312 e. The third-order valence-corrected chi connectivity index (χ3v) is 7.01. The number of benzene rings is 2. The molecule has 1 heterocycles. The van der Waals surface area contributed by atoms with E-state index in [1.54, 1.807) is 18.2 Å². The highest BCUT2D eigenvalue weighted by atomic mass is 32.2. The Bertz CT molecular complexity index is 1010. The van der Waals surface area contributed by atoms with Crippen molar-refractivity contribution < 1.29 is 13.2 Å². The summed E-state index contributed by atoms with van der Waals surface area (Å²) in [5.41, 5.74) is 4.18. The molecular formula is C21H24N2O3S. The highest BCUT2D eigenvalue weighted by Gasteiger charge is 2.35. The Hall–Kier alpha value is -2.34. The maximum absolute atomic E-state index is 12.8. The molecule has 5 nitrogen and oxygen atoms in total. The average Bonchev–Trinajstić information content (AvgIpc) is 3.47. The van der Waals surface area contributed by atoms with Gasteiger partial charge in [-0.3, -0.25) is 9.52 Å². The highest BCUT2D eigenvalue weighted by Crippen LogP contribution is 2.37. The number of fused-ring (bicyclic) bond motifs is 1. The Morgan fingerprint density at radius 2 is 1.93 bits per heavy atom. The minimum atomic E-state index is -3.66. The zero-order valence-corrected chi connectivity index (χ0v) is 16.5. The molecule has 0 atom stereocenters. The Morgan fingerprint density at radius 1 is 1.15 bits per heavy atom. The van der Waals surface area contributed by atoms with Gasteiger partial charge in [0, 0.05) is 23.8 Å². The van der Waals surface area contributed by atoms with E-state index < -0.39 is 10.0 Å². The molecule has 1 amide bonds. The second-order valence-corrected chi connectivity index (χ2v) is 9.17. The fourth-order valence-corrected chi connectivity index (χ4v) is 5.03. The summed E-state index contributed by atoms with van der Waals surface area (Å²) in [6, 6.07) is 10.8. The number of anilines is 2. The van der Waals surface area contributed by atoms with Crippen LogP contribution in [0, 0.1) is 19.8 Å². The molecule has 1 aliphatic heterocycles. The predicted octanol–water partition coefficient (Wildman–Crippen LogP) is 3.79. The summed E-state index contributed by atoms with van der Waals surface area (Å²) >= 11 is 0. The van der Waals surface area contributed by atoms with E-state index in [1.807, 2.05) is 36.9 Å². The number of hydrogen-bond acceptors (Lipinski definition) is 3. The normalized spacial score (nSPS) is 16.7. The summed E-state index contributed by atoms with van der Waals surface area (Å²) in [7, 11) is -3.66. The van der Waals surface area contributed by atoms with Crippen LogP contribution in [-0.4, -0.2) is 20.9 Å². The van der Waals surface area contributed by atoms with Crippen LogP contribution >= 0.6 is 0 Å². The van der Waals surface area contributed by atoms with Gasteiger partial charge in [0.25, 0.3) is 10.0 Å². The molecule has 0 unspecified atom stereocenters. The van der Waals surface area contributed by atoms with E-state index >= 15 is 0 Å². The Labute approximate surface area is 160 Å². The third kappa shape index (κ3) is 3.46. The summed E-state index contributed by atoms with van der Waals surface area (Å²) in [6.07, 6.45) is 3.72. The van der Waals surface area contributed by atoms with Gasteiger partial charge < -0.3 is 4.90 Å². The van der Waals surface area contributed by atoms with Crippen molar-refractivity contribution in [3.63, 3.8) is 0 Å². The summed E-state index contributed by atoms with van der Waals surface area (Å²) in [4.78, 5) is 14.7. The van der Waals surface area contributed by atoms with Crippen LogP contribution in [0.3, 0.4) is 0 Å². The van der Waals surface area contributed by atoms with Crippen molar-refractivity contribution in [3.05, 3.63) is 53.1 Å². The second-order valence-electron chi connectivity index (χ2n) is 7.51. The average molecular weight is 385 g/mol. The molecule has 0 aromatic heterocycles. The predicted molar refractivity (Wildman–Crippen MR) is 107 cm³/mol. The topological polar surface area (TPSA) is 66.5 Å². The van der Waals surface area contributed by atoms with Gasteiger partial charge >= 0.3 is 0 Å². The number of nitrogens with zero attached hydrogens (tertiary/aromatic N) is 1. The molecule has 1 N–H and O–H groups in total. The molecule has 0 spiro atoms. The molecule has 0 bridgehead atoms. The van der Waals surface area contributed by atoms with Gasteiger partial charge in [-0.15, -0.1) is 0 Å². The van der Waals surface area contributed by atoms with Crippen molar-refractivity contribution in [2.24, 2.45) is 5.92 Å². The van der Waals surface area contributed by atoms with Gasteiger partial charge in [-0.2, -0.15) is 0 Å². The lowest BCUT2D eigenvalue weighted by molar-refractivity contribution is -0.119. The fourth-order valence-electron chi connectivity index (χ4n) is 3.67. The molecule has 1 fully saturated rings. The number of amides is 1. The zero-order chi connectivity index (χ0) is 19.2. The van der Waals surface area contributed by atoms with Crippen LogP contribution in [0.15, 0.2) is 41.3 Å². The fraction of sp³-hybridized carbons (Fsp3) is 0.381. The minimum absolute atomic E-state index is 0.179. The Balaban J connectivity index is 1.62. The quantitative estimate of drug-likeness (QED) is 0.872. The number of aryl methyl sites for hydroxylation is 2. The number of carbonyl (C=O) groups excluding carboxylic acids is 1. The standard InChI is InChI=1S/C21H24N2O3S/c1-14-5-3-7-20(15(14)2)27(25,26)22-18-10-11-19-17(13-18)6-4-12-23(19)21(24)16-8-9-16/h3,5,7,10-11,13,16,22H,4,6,8-9,12H2,1-2H3. The molecule has 27 heavy (non-hydrogen) atoms. The maximum Gasteiger partial charge on any atom is 0.262 e. The lowest BCUT2D eigenvalue weighted by Crippen LogP contribution is -2.36. The maximum atomic E-state index is 12.8. The van der Waals surface area contributed by atoms with Crippen LogP contribution in [-0.2, 0) is 21.2 Å². The van der Waals surface area contributed by atoms with E-state index in [2.05, 4.69) is 4.72 Å². The van der Waals surface area contributed by atoms with Crippen molar-refractivity contribution in [1.29, 1.82) is 0 Å². The van der Waals surface area contributed by atoms with Crippen molar-refractivity contribution in [2.75, 3.05) is 16.2 Å². The third-order valence-electron chi connectivity index (χ3n) is 5.49. The number of nitrogens with one attached hydrogen (secondary N) is 1. The van der Waals surface area contributed by atoms with Gasteiger partial charge in [0.2, 0.25) is 5.91 Å². The van der Waals surface area contributed by atoms with Gasteiger partial charge in [0.15, 0.2) is 0 Å². The van der Waals surface area contributed by atoms with Crippen molar-refractivity contribution >= 4 is 27.3 Å². The molecule has 1 aliphatic carbocycles. The van der Waals surface area contributed by atoms with Gasteiger partial charge in [-0.05, 0) is 80.5 Å². The molecule has 2 aromatic carbocycles. The minimum Gasteiger partial charge on any atom is -0.312 e. The summed E-state index contributed by atoms with van der Waals surface area (Å²) in [5, 5.41) is 0. The summed E-state index contributed by atoms with van der Waals surface area (Å²) < 4.78 is 28.4. The zero-order valence-electron chi connectivity index (χ0n) is 15.7. The monoisotopic (exact) mass is 384 g/mol. The first kappa shape index (κ1) is 18.0. The van der Waals surface area contributed by atoms with Crippen LogP contribution in [0.5, 0.6) is 0 Å². The molecule has 2 aromatic rings. The van der Waals surface area contributed by atoms with Crippen LogP contribution in [0.2, 0.25) is 0 Å². The van der Waals surface area contributed by atoms with Gasteiger partial charge in [0.05, 0.1) is 4.90 Å². The van der Waals surface area contributed by atoms with Crippen LogP contribution < -0.4 is 9.62 Å². The Morgan fingerprint density at radius 3 is 2.67 bits per heavy atom. The molecule has 1 saturated carbocycles. The van der Waals surface area contributed by atoms with Crippen LogP contribution in [0.25, 0.3) is 0 Å². The van der Waals surface area contributed by atoms with Crippen LogP contribution in [0.4, 0.5) is 11.4 Å². The van der Waals surface area contributed by atoms with Gasteiger partial charge in [-0.1, -0.05) is 12.1 Å². The van der Waals surface area contributed by atoms with E-state index in [1.165, 1.54) is 0 Å². The summed E-state index contributed by atoms with van der Waals surface area (Å²) in [6.45, 7) is 4.47. The van der Waals surface area contributed by atoms with Crippen molar-refractivity contribution in [1.82, 2.24) is 0 Å². The van der Waals surface area contributed by atoms with E-state index in [9.17, 15) is 13.2 Å². The van der Waals surface area contributed by atoms with E-state index in [-0.39, 0.29) is 11.8 Å². The Kier molecular flexibility index (Phi) is 4.46. The van der Waals surface area contributed by atoms with Crippen molar-refractivity contribution in [3.8, 4) is 0 Å². The molecule has 0 saturated heterocycles. The molecular weight excluding hydrogens is 360 g/mol. The molecule has 2 aliphatic rings. The van der Waals surface area contributed by atoms with Gasteiger partial charge in [0.1, 0.15) is 0 Å². The SMILES string of the molecule is Cc1cccc(S(=O)(=O)Nc2ccc3c(c2)CCCN3C(=O)C2CC2)c1C. The number of sulfonamides is 1. The van der Waals surface area contributed by atoms with E-state index in [0.29, 0.717) is 10.6 Å². The molecule has 142 valence electrons. The van der Waals surface area contributed by atoms with E-state index in [4.69, 9.17) is 0 Å². The lowest BCUT2D eigenvalue weighted by atomic mass is 10.0. The first-order chi connectivity index (χ1) is 12.9. The number of carbonyl (C=O) groups is 1. The smallest absolute Gasteiger partial charge is 0.262 e. The lowest BCUT2D eigenvalue weighted by Gasteiger charge is -2.30. The number of rotatable bonds is 4. The highest BCUT2D eigenvalue weighted by molar-refractivity contribution is 7.92. The molecule has 4 rings (SSSR count). The number of hydrogen-bond donors (Lipinski definition) is 1. The second kappa shape index (κ2) is 6.68.